The lowest BCUT2D eigenvalue weighted by molar-refractivity contribution is -0.112. The summed E-state index contributed by atoms with van der Waals surface area (Å²) in [6, 6.07) is 13.4. The smallest absolute Gasteiger partial charge is 0.346 e. The molecule has 0 saturated heterocycles. The number of hydrogen-bond acceptors (Lipinski definition) is 6. The van der Waals surface area contributed by atoms with Crippen molar-refractivity contribution in [3.63, 3.8) is 0 Å². The molecule has 1 N–H and O–H groups in total. The second-order valence-electron chi connectivity index (χ2n) is 6.01. The van der Waals surface area contributed by atoms with E-state index >= 15 is 0 Å². The van der Waals surface area contributed by atoms with Crippen LogP contribution in [0.3, 0.4) is 0 Å². The Morgan fingerprint density at radius 3 is 2.67 bits per heavy atom. The lowest BCUT2D eigenvalue weighted by Crippen LogP contribution is -2.13. The van der Waals surface area contributed by atoms with Crippen molar-refractivity contribution < 1.29 is 23.2 Å². The molecule has 0 saturated carbocycles. The molecule has 0 atom stereocenters. The first-order valence-electron chi connectivity index (χ1n) is 8.50. The average Bonchev–Trinajstić information content (AvgIpc) is 3.12. The van der Waals surface area contributed by atoms with Gasteiger partial charge < -0.3 is 14.6 Å². The van der Waals surface area contributed by atoms with Crippen molar-refractivity contribution in [1.29, 1.82) is 5.26 Å². The van der Waals surface area contributed by atoms with Crippen LogP contribution in [0.15, 0.2) is 63.1 Å². The van der Waals surface area contributed by atoms with Gasteiger partial charge in [0, 0.05) is 6.07 Å². The van der Waals surface area contributed by atoms with E-state index in [1.165, 1.54) is 36.4 Å². The number of nitrogens with zero attached hydrogens (tertiary/aromatic N) is 2. The third-order valence-corrected chi connectivity index (χ3v) is 4.42. The van der Waals surface area contributed by atoms with Crippen molar-refractivity contribution in [2.45, 2.75) is 6.92 Å². The van der Waals surface area contributed by atoms with Gasteiger partial charge in [-0.05, 0) is 58.8 Å². The Balaban J connectivity index is 1.76. The zero-order valence-corrected chi connectivity index (χ0v) is 17.1. The summed E-state index contributed by atoms with van der Waals surface area (Å²) in [6.07, 6.45) is 1.36. The molecule has 0 radical (unpaired) electrons. The van der Waals surface area contributed by atoms with E-state index in [9.17, 15) is 19.2 Å². The minimum Gasteiger partial charge on any atom is -0.422 e. The summed E-state index contributed by atoms with van der Waals surface area (Å²) in [5.74, 6) is -1.34. The number of amides is 1. The highest BCUT2D eigenvalue weighted by atomic mass is 79.9. The fourth-order valence-corrected chi connectivity index (χ4v) is 2.87. The van der Waals surface area contributed by atoms with Gasteiger partial charge in [-0.1, -0.05) is 23.4 Å². The van der Waals surface area contributed by atoms with Gasteiger partial charge in [-0.2, -0.15) is 5.26 Å². The molecule has 0 aliphatic carbocycles. The molecule has 150 valence electrons. The molecule has 1 heterocycles. The molecule has 30 heavy (non-hydrogen) atoms. The van der Waals surface area contributed by atoms with E-state index in [0.717, 1.165) is 6.07 Å². The number of halogens is 2. The molecule has 0 spiro atoms. The molecule has 0 bridgehead atoms. The second-order valence-corrected chi connectivity index (χ2v) is 6.86. The molecular formula is C21H13BrFN3O4. The Kier molecular flexibility index (Phi) is 6.39. The van der Waals surface area contributed by atoms with Gasteiger partial charge >= 0.3 is 5.97 Å². The monoisotopic (exact) mass is 469 g/mol. The van der Waals surface area contributed by atoms with Crippen molar-refractivity contribution in [2.24, 2.45) is 0 Å². The highest BCUT2D eigenvalue weighted by Gasteiger charge is 2.16. The first kappa shape index (κ1) is 21.0. The van der Waals surface area contributed by atoms with E-state index in [-0.39, 0.29) is 22.7 Å². The van der Waals surface area contributed by atoms with Gasteiger partial charge in [0.15, 0.2) is 5.82 Å². The molecule has 0 aliphatic rings. The SMILES string of the molecule is Cc1cc(NC(=O)/C(C#N)=C\c2ccc(OC(=O)c3ccccc3F)c(Br)c2)no1. The minimum absolute atomic E-state index is 0.154. The zero-order chi connectivity index (χ0) is 21.7. The van der Waals surface area contributed by atoms with E-state index in [1.807, 2.05) is 6.07 Å². The van der Waals surface area contributed by atoms with Crippen LogP contribution >= 0.6 is 15.9 Å². The number of rotatable bonds is 5. The van der Waals surface area contributed by atoms with E-state index in [1.54, 1.807) is 19.1 Å². The number of benzene rings is 2. The van der Waals surface area contributed by atoms with Crippen molar-refractivity contribution in [1.82, 2.24) is 5.16 Å². The molecule has 0 aliphatic heterocycles. The predicted octanol–water partition coefficient (Wildman–Crippen LogP) is 4.65. The Bertz CT molecular complexity index is 1200. The van der Waals surface area contributed by atoms with Crippen LogP contribution in [0, 0.1) is 24.1 Å². The fraction of sp³-hybridized carbons (Fsp3) is 0.0476. The lowest BCUT2D eigenvalue weighted by Gasteiger charge is -2.08. The maximum atomic E-state index is 13.7. The van der Waals surface area contributed by atoms with E-state index in [2.05, 4.69) is 26.4 Å². The standard InChI is InChI=1S/C21H13BrFN3O4/c1-12-8-19(26-30-12)25-20(27)14(11-24)9-13-6-7-18(16(22)10-13)29-21(28)15-4-2-3-5-17(15)23/h2-10H,1H3,(H,25,26,27)/b14-9-. The topological polar surface area (TPSA) is 105 Å². The minimum atomic E-state index is -0.850. The Morgan fingerprint density at radius 2 is 2.03 bits per heavy atom. The molecule has 9 heteroatoms. The van der Waals surface area contributed by atoms with Crippen molar-refractivity contribution >= 4 is 39.7 Å². The lowest BCUT2D eigenvalue weighted by atomic mass is 10.1. The highest BCUT2D eigenvalue weighted by molar-refractivity contribution is 9.10. The van der Waals surface area contributed by atoms with Crippen LogP contribution in [0.5, 0.6) is 5.75 Å². The van der Waals surface area contributed by atoms with Gasteiger partial charge in [0.05, 0.1) is 10.0 Å². The molecule has 2 aromatic carbocycles. The maximum Gasteiger partial charge on any atom is 0.346 e. The third kappa shape index (κ3) is 4.98. The van der Waals surface area contributed by atoms with Gasteiger partial charge in [-0.3, -0.25) is 4.79 Å². The molecule has 3 aromatic rings. The summed E-state index contributed by atoms with van der Waals surface area (Å²) in [5, 5.41) is 15.4. The summed E-state index contributed by atoms with van der Waals surface area (Å²) in [4.78, 5) is 24.4. The molecule has 7 nitrogen and oxygen atoms in total. The largest absolute Gasteiger partial charge is 0.422 e. The third-order valence-electron chi connectivity index (χ3n) is 3.80. The number of nitrogens with one attached hydrogen (secondary N) is 1. The summed E-state index contributed by atoms with van der Waals surface area (Å²) < 4.78 is 24.2. The highest BCUT2D eigenvalue weighted by Crippen LogP contribution is 2.28. The van der Waals surface area contributed by atoms with Gasteiger partial charge in [0.25, 0.3) is 5.91 Å². The average molecular weight is 470 g/mol. The van der Waals surface area contributed by atoms with E-state index < -0.39 is 17.7 Å². The molecule has 1 aromatic heterocycles. The Hall–Kier alpha value is -3.77. The van der Waals surface area contributed by atoms with Crippen molar-refractivity contribution in [3.8, 4) is 11.8 Å². The quantitative estimate of drug-likeness (QED) is 0.252. The number of hydrogen-bond donors (Lipinski definition) is 1. The number of carbonyl (C=O) groups is 2. The van der Waals surface area contributed by atoms with Crippen molar-refractivity contribution in [2.75, 3.05) is 5.32 Å². The fourth-order valence-electron chi connectivity index (χ4n) is 2.40. The molecule has 1 amide bonds. The van der Waals surface area contributed by atoms with Gasteiger partial charge in [0.1, 0.15) is 29.0 Å². The first-order valence-corrected chi connectivity index (χ1v) is 9.29. The van der Waals surface area contributed by atoms with Crippen LogP contribution in [0.25, 0.3) is 6.08 Å². The number of anilines is 1. The van der Waals surface area contributed by atoms with Crippen LogP contribution in [0.2, 0.25) is 0 Å². The zero-order valence-electron chi connectivity index (χ0n) is 15.5. The predicted molar refractivity (Wildman–Crippen MR) is 109 cm³/mol. The molecular weight excluding hydrogens is 457 g/mol. The van der Waals surface area contributed by atoms with Crippen LogP contribution in [-0.4, -0.2) is 17.0 Å². The van der Waals surface area contributed by atoms with Gasteiger partial charge in [-0.15, -0.1) is 0 Å². The summed E-state index contributed by atoms with van der Waals surface area (Å²) in [6.45, 7) is 1.67. The number of aromatic nitrogens is 1. The van der Waals surface area contributed by atoms with E-state index in [0.29, 0.717) is 15.8 Å². The molecule has 3 rings (SSSR count). The van der Waals surface area contributed by atoms with Crippen LogP contribution < -0.4 is 10.1 Å². The van der Waals surface area contributed by atoms with Crippen molar-refractivity contribution in [3.05, 3.63) is 81.3 Å². The number of esters is 1. The number of nitriles is 1. The number of aryl methyl sites for hydroxylation is 1. The summed E-state index contributed by atoms with van der Waals surface area (Å²) >= 11 is 3.27. The van der Waals surface area contributed by atoms with Gasteiger partial charge in [0.2, 0.25) is 0 Å². The summed E-state index contributed by atoms with van der Waals surface area (Å²) in [5.41, 5.74) is 0.133. The molecule has 0 fully saturated rings. The Labute approximate surface area is 178 Å². The van der Waals surface area contributed by atoms with E-state index in [4.69, 9.17) is 9.26 Å². The maximum absolute atomic E-state index is 13.7. The first-order chi connectivity index (χ1) is 14.4. The molecule has 0 unspecified atom stereocenters. The van der Waals surface area contributed by atoms with Crippen LogP contribution in [0.4, 0.5) is 10.2 Å². The van der Waals surface area contributed by atoms with Crippen LogP contribution in [-0.2, 0) is 4.79 Å². The second kappa shape index (κ2) is 9.15. The normalized spacial score (nSPS) is 10.9. The Morgan fingerprint density at radius 1 is 1.27 bits per heavy atom. The number of ether oxygens (including phenoxy) is 1. The summed E-state index contributed by atoms with van der Waals surface area (Å²) in [7, 11) is 0. The van der Waals surface area contributed by atoms with Crippen LogP contribution in [0.1, 0.15) is 21.7 Å². The van der Waals surface area contributed by atoms with Gasteiger partial charge in [-0.25, -0.2) is 9.18 Å². The number of carbonyl (C=O) groups excluding carboxylic acids is 2.